The molecule has 10 heteroatoms. The van der Waals surface area contributed by atoms with Crippen LogP contribution >= 0.6 is 0 Å². The van der Waals surface area contributed by atoms with E-state index in [9.17, 15) is 9.65 Å². The minimum Gasteiger partial charge on any atom is -0.309 e. The summed E-state index contributed by atoms with van der Waals surface area (Å²) in [6.45, 7) is 0. The van der Waals surface area contributed by atoms with Crippen LogP contribution in [0.4, 0.5) is 22.0 Å². The molecule has 14 aromatic rings. The Bertz CT molecular complexity index is 4540. The van der Waals surface area contributed by atoms with Crippen LogP contribution in [0.3, 0.4) is 0 Å². The Kier molecular flexibility index (Phi) is 8.59. The quantitative estimate of drug-likeness (QED) is 0.0963. The summed E-state index contributed by atoms with van der Waals surface area (Å²) in [5.74, 6) is -10.4. The highest BCUT2D eigenvalue weighted by atomic mass is 19.2. The monoisotopic (exact) mass is 929 g/mol. The van der Waals surface area contributed by atoms with Crippen LogP contribution in [-0.2, 0) is 0 Å². The van der Waals surface area contributed by atoms with E-state index >= 15 is 17.6 Å². The molecule has 0 aliphatic carbocycles. The van der Waals surface area contributed by atoms with Gasteiger partial charge >= 0.3 is 0 Å². The molecule has 0 unspecified atom stereocenters. The summed E-state index contributed by atoms with van der Waals surface area (Å²) in [4.78, 5) is 0. The molecule has 71 heavy (non-hydrogen) atoms. The van der Waals surface area contributed by atoms with Gasteiger partial charge in [0.05, 0.1) is 66.6 Å². The van der Waals surface area contributed by atoms with Crippen LogP contribution in [0.25, 0.3) is 121 Å². The fourth-order valence-corrected chi connectivity index (χ4v) is 11.2. The first-order valence-electron chi connectivity index (χ1n) is 22.9. The lowest BCUT2D eigenvalue weighted by molar-refractivity contribution is 0.381. The maximum Gasteiger partial charge on any atom is 0.200 e. The number of nitriles is 1. The molecule has 0 atom stereocenters. The molecule has 0 bridgehead atoms. The highest BCUT2D eigenvalue weighted by molar-refractivity contribution is 6.14. The molecule has 0 amide bonds. The van der Waals surface area contributed by atoms with Crippen LogP contribution in [0, 0.1) is 40.4 Å². The third-order valence-corrected chi connectivity index (χ3v) is 14.2. The van der Waals surface area contributed by atoms with Gasteiger partial charge < -0.3 is 18.3 Å². The molecule has 0 fully saturated rings. The van der Waals surface area contributed by atoms with Crippen LogP contribution in [0.2, 0.25) is 0 Å². The first kappa shape index (κ1) is 40.6. The molecule has 0 spiro atoms. The molecule has 0 aliphatic rings. The third kappa shape index (κ3) is 5.60. The summed E-state index contributed by atoms with van der Waals surface area (Å²) in [7, 11) is 0. The molecule has 5 nitrogen and oxygen atoms in total. The topological polar surface area (TPSA) is 43.5 Å². The van der Waals surface area contributed by atoms with E-state index in [1.165, 1.54) is 12.1 Å². The van der Waals surface area contributed by atoms with E-state index in [1.54, 1.807) is 4.57 Å². The molecule has 0 saturated heterocycles. The molecule has 14 rings (SSSR count). The van der Waals surface area contributed by atoms with E-state index in [4.69, 9.17) is 0 Å². The van der Waals surface area contributed by atoms with Crippen molar-refractivity contribution >= 4 is 87.2 Å². The van der Waals surface area contributed by atoms with Crippen molar-refractivity contribution in [3.05, 3.63) is 229 Å². The van der Waals surface area contributed by atoms with E-state index in [-0.39, 0.29) is 22.5 Å². The van der Waals surface area contributed by atoms with Crippen LogP contribution in [0.5, 0.6) is 0 Å². The minimum absolute atomic E-state index is 0.0405. The zero-order valence-corrected chi connectivity index (χ0v) is 37.1. The van der Waals surface area contributed by atoms with Gasteiger partial charge in [-0.05, 0) is 84.9 Å². The minimum atomic E-state index is -2.27. The first-order valence-corrected chi connectivity index (χ1v) is 22.9. The van der Waals surface area contributed by atoms with Gasteiger partial charge in [0.15, 0.2) is 23.3 Å². The zero-order chi connectivity index (χ0) is 47.8. The highest BCUT2D eigenvalue weighted by Crippen LogP contribution is 2.45. The molecular formula is C61H32F5N5. The number of halogens is 5. The fourth-order valence-electron chi connectivity index (χ4n) is 11.2. The smallest absolute Gasteiger partial charge is 0.200 e. The van der Waals surface area contributed by atoms with E-state index in [1.807, 2.05) is 132 Å². The van der Waals surface area contributed by atoms with Crippen molar-refractivity contribution in [3.8, 4) is 39.9 Å². The maximum atomic E-state index is 16.6. The van der Waals surface area contributed by atoms with Gasteiger partial charge in [0, 0.05) is 60.0 Å². The van der Waals surface area contributed by atoms with Gasteiger partial charge in [0.1, 0.15) is 6.07 Å². The number of rotatable bonds is 5. The SMILES string of the molecule is N#Cc1cc(-n2c3ccccc3c3cc(-n4c5ccccc5c5ccccc54)ccc32)c(-c2c(F)c(F)c(F)c(F)c2F)cc1-n1c2ccccc2c2cc(-n3c4ccccc4c4ccccc43)ccc21. The van der Waals surface area contributed by atoms with Crippen molar-refractivity contribution in [2.75, 3.05) is 0 Å². The number of hydrogen-bond donors (Lipinski definition) is 0. The third-order valence-electron chi connectivity index (χ3n) is 14.2. The number of benzene rings is 10. The van der Waals surface area contributed by atoms with Gasteiger partial charge in [0.2, 0.25) is 5.82 Å². The molecule has 4 heterocycles. The zero-order valence-electron chi connectivity index (χ0n) is 37.1. The summed E-state index contributed by atoms with van der Waals surface area (Å²) in [6.07, 6.45) is 0. The molecular weight excluding hydrogens is 898 g/mol. The number of hydrogen-bond acceptors (Lipinski definition) is 1. The standard InChI is InChI=1S/C61H32F5N5/c62-57-56(58(63)60(65)61(66)59(57)64)45-32-54(70-50-23-11-5-17-41(50)43-30-35(25-27-52(43)70)68-46-19-7-1-13-37(46)38-14-2-8-20-47(38)68)34(33-67)29-55(45)71-51-24-12-6-18-42(51)44-31-36(26-28-53(44)71)69-48-21-9-3-15-39(48)40-16-4-10-22-49(40)69/h1-32H. The Balaban J connectivity index is 1.05. The van der Waals surface area contributed by atoms with Gasteiger partial charge in [-0.2, -0.15) is 5.26 Å². The van der Waals surface area contributed by atoms with Crippen LogP contribution in [0.15, 0.2) is 194 Å². The predicted octanol–water partition coefficient (Wildman–Crippen LogP) is 16.3. The van der Waals surface area contributed by atoms with Crippen LogP contribution < -0.4 is 0 Å². The van der Waals surface area contributed by atoms with E-state index in [0.717, 1.165) is 76.5 Å². The van der Waals surface area contributed by atoms with Gasteiger partial charge in [-0.25, -0.2) is 22.0 Å². The normalized spacial score (nSPS) is 12.0. The summed E-state index contributed by atoms with van der Waals surface area (Å²) < 4.78 is 87.1. The van der Waals surface area contributed by atoms with E-state index in [2.05, 4.69) is 69.8 Å². The van der Waals surface area contributed by atoms with Gasteiger partial charge in [-0.15, -0.1) is 0 Å². The molecule has 0 N–H and O–H groups in total. The average Bonchev–Trinajstić information content (AvgIpc) is 4.15. The van der Waals surface area contributed by atoms with E-state index < -0.39 is 34.6 Å². The van der Waals surface area contributed by atoms with Gasteiger partial charge in [0.25, 0.3) is 0 Å². The number of para-hydroxylation sites is 6. The second-order valence-corrected chi connectivity index (χ2v) is 17.8. The largest absolute Gasteiger partial charge is 0.309 e. The summed E-state index contributed by atoms with van der Waals surface area (Å²) in [5, 5.41) is 18.7. The Morgan fingerprint density at radius 3 is 0.986 bits per heavy atom. The number of aromatic nitrogens is 4. The Hall–Kier alpha value is -9.46. The second-order valence-electron chi connectivity index (χ2n) is 17.8. The summed E-state index contributed by atoms with van der Waals surface area (Å²) in [6, 6.07) is 64.8. The van der Waals surface area contributed by atoms with Gasteiger partial charge in [-0.3, -0.25) is 0 Å². The van der Waals surface area contributed by atoms with Crippen molar-refractivity contribution in [3.63, 3.8) is 0 Å². The molecule has 4 aromatic heterocycles. The second kappa shape index (κ2) is 15.0. The van der Waals surface area contributed by atoms with Crippen molar-refractivity contribution < 1.29 is 22.0 Å². The number of fused-ring (bicyclic) bond motifs is 12. The van der Waals surface area contributed by atoms with Crippen molar-refractivity contribution in [2.45, 2.75) is 0 Å². The molecule has 0 aliphatic heterocycles. The molecule has 10 aromatic carbocycles. The molecule has 336 valence electrons. The number of nitrogens with zero attached hydrogens (tertiary/aromatic N) is 5. The van der Waals surface area contributed by atoms with Crippen LogP contribution in [0.1, 0.15) is 5.56 Å². The predicted molar refractivity (Wildman–Crippen MR) is 274 cm³/mol. The molecule has 0 radical (unpaired) electrons. The Morgan fingerprint density at radius 2 is 0.606 bits per heavy atom. The maximum absolute atomic E-state index is 16.6. The lowest BCUT2D eigenvalue weighted by Crippen LogP contribution is -2.08. The van der Waals surface area contributed by atoms with Crippen molar-refractivity contribution in [1.29, 1.82) is 5.26 Å². The highest BCUT2D eigenvalue weighted by Gasteiger charge is 2.31. The summed E-state index contributed by atoms with van der Waals surface area (Å²) in [5.41, 5.74) is 7.08. The van der Waals surface area contributed by atoms with Crippen LogP contribution in [-0.4, -0.2) is 18.3 Å². The Labute approximate surface area is 399 Å². The lowest BCUT2D eigenvalue weighted by Gasteiger charge is -2.20. The lowest BCUT2D eigenvalue weighted by atomic mass is 9.97. The van der Waals surface area contributed by atoms with Gasteiger partial charge in [-0.1, -0.05) is 109 Å². The van der Waals surface area contributed by atoms with E-state index in [0.29, 0.717) is 22.1 Å². The summed E-state index contributed by atoms with van der Waals surface area (Å²) >= 11 is 0. The first-order chi connectivity index (χ1) is 34.8. The fraction of sp³-hybridized carbons (Fsp3) is 0. The van der Waals surface area contributed by atoms with Crippen molar-refractivity contribution in [1.82, 2.24) is 18.3 Å². The Morgan fingerprint density at radius 1 is 0.296 bits per heavy atom. The average molecular weight is 930 g/mol. The molecule has 0 saturated carbocycles. The van der Waals surface area contributed by atoms with Crippen molar-refractivity contribution in [2.24, 2.45) is 0 Å².